The summed E-state index contributed by atoms with van der Waals surface area (Å²) in [6.07, 6.45) is 9.13. The van der Waals surface area contributed by atoms with Gasteiger partial charge in [0.2, 0.25) is 0 Å². The maximum atomic E-state index is 5.70. The van der Waals surface area contributed by atoms with Gasteiger partial charge in [0.1, 0.15) is 0 Å². The Labute approximate surface area is 72.5 Å². The van der Waals surface area contributed by atoms with Gasteiger partial charge < -0.3 is 5.73 Å². The molecular weight excluding hydrogens is 150 g/mol. The van der Waals surface area contributed by atoms with Gasteiger partial charge in [-0.25, -0.2) is 0 Å². The Morgan fingerprint density at radius 2 is 2.42 bits per heavy atom. The van der Waals surface area contributed by atoms with Crippen LogP contribution in [-0.2, 0) is 0 Å². The van der Waals surface area contributed by atoms with E-state index in [0.717, 1.165) is 11.4 Å². The van der Waals surface area contributed by atoms with Crippen LogP contribution in [-0.4, -0.2) is 12.1 Å². The van der Waals surface area contributed by atoms with Crippen molar-refractivity contribution in [2.45, 2.75) is 0 Å². The molecule has 0 amide bonds. The fraction of sp³-hybridized carbons (Fsp3) is 0.111. The first kappa shape index (κ1) is 8.46. The summed E-state index contributed by atoms with van der Waals surface area (Å²) in [7, 11) is 1.91. The minimum atomic E-state index is 0.728. The van der Waals surface area contributed by atoms with Crippen molar-refractivity contribution in [1.29, 1.82) is 0 Å². The molecule has 0 bridgehead atoms. The molecule has 0 spiro atoms. The maximum absolute atomic E-state index is 5.70. The van der Waals surface area contributed by atoms with Gasteiger partial charge in [-0.3, -0.25) is 10.4 Å². The van der Waals surface area contributed by atoms with Crippen LogP contribution in [0.4, 0.5) is 0 Å². The van der Waals surface area contributed by atoms with Crippen molar-refractivity contribution in [1.82, 2.24) is 10.4 Å². The number of rotatable bonds is 2. The van der Waals surface area contributed by atoms with E-state index in [0.29, 0.717) is 0 Å². The smallest absolute Gasteiger partial charge is 0.0771 e. The molecule has 0 fully saturated rings. The average Bonchev–Trinajstić information content (AvgIpc) is 2.07. The van der Waals surface area contributed by atoms with Crippen molar-refractivity contribution in [2.75, 3.05) is 7.05 Å². The normalized spacial score (nSPS) is 16.9. The summed E-state index contributed by atoms with van der Waals surface area (Å²) in [5.74, 6) is 0. The standard InChI is InChI=1S/C9H13N3/c1-3-4-5-9-8(10)6-7-12(2)11-9/h3-7,11H,1,10H2,2H3/b5-4-. The lowest BCUT2D eigenvalue weighted by Gasteiger charge is -2.22. The summed E-state index contributed by atoms with van der Waals surface area (Å²) in [4.78, 5) is 0. The molecule has 0 aliphatic carbocycles. The molecule has 1 aliphatic heterocycles. The van der Waals surface area contributed by atoms with E-state index in [1.54, 1.807) is 6.08 Å². The molecule has 0 saturated carbocycles. The number of nitrogens with one attached hydrogen (secondary N) is 1. The highest BCUT2D eigenvalue weighted by Crippen LogP contribution is 2.05. The number of hydrazine groups is 1. The highest BCUT2D eigenvalue weighted by atomic mass is 15.5. The third-order valence-corrected chi connectivity index (χ3v) is 1.48. The predicted octanol–water partition coefficient (Wildman–Crippen LogP) is 0.863. The van der Waals surface area contributed by atoms with Crippen LogP contribution in [0.1, 0.15) is 0 Å². The Morgan fingerprint density at radius 1 is 1.67 bits per heavy atom. The first-order valence-corrected chi connectivity index (χ1v) is 3.70. The zero-order chi connectivity index (χ0) is 8.97. The van der Waals surface area contributed by atoms with Crippen LogP contribution in [0.2, 0.25) is 0 Å². The van der Waals surface area contributed by atoms with Gasteiger partial charge in [0, 0.05) is 13.2 Å². The van der Waals surface area contributed by atoms with Crippen molar-refractivity contribution >= 4 is 0 Å². The van der Waals surface area contributed by atoms with Gasteiger partial charge in [-0.15, -0.1) is 0 Å². The summed E-state index contributed by atoms with van der Waals surface area (Å²) in [5, 5.41) is 1.83. The Balaban J connectivity index is 2.79. The van der Waals surface area contributed by atoms with E-state index in [4.69, 9.17) is 5.73 Å². The number of nitrogens with two attached hydrogens (primary N) is 1. The third kappa shape index (κ3) is 1.92. The van der Waals surface area contributed by atoms with E-state index in [1.165, 1.54) is 0 Å². The first-order chi connectivity index (χ1) is 5.74. The van der Waals surface area contributed by atoms with E-state index in [1.807, 2.05) is 36.5 Å². The molecule has 3 N–H and O–H groups in total. The van der Waals surface area contributed by atoms with Crippen molar-refractivity contribution < 1.29 is 0 Å². The van der Waals surface area contributed by atoms with Crippen molar-refractivity contribution in [3.05, 3.63) is 48.5 Å². The summed E-state index contributed by atoms with van der Waals surface area (Å²) in [6, 6.07) is 0. The molecule has 1 aliphatic rings. The molecule has 0 aromatic heterocycles. The second kappa shape index (κ2) is 3.67. The Hall–Kier alpha value is -1.64. The highest BCUT2D eigenvalue weighted by Gasteiger charge is 2.03. The average molecular weight is 163 g/mol. The van der Waals surface area contributed by atoms with E-state index in [9.17, 15) is 0 Å². The molecule has 1 heterocycles. The molecule has 3 heteroatoms. The van der Waals surface area contributed by atoms with Gasteiger partial charge in [-0.2, -0.15) is 0 Å². The molecule has 1 rings (SSSR count). The molecule has 12 heavy (non-hydrogen) atoms. The largest absolute Gasteiger partial charge is 0.397 e. The van der Waals surface area contributed by atoms with E-state index in [-0.39, 0.29) is 0 Å². The second-order valence-corrected chi connectivity index (χ2v) is 2.50. The monoisotopic (exact) mass is 163 g/mol. The van der Waals surface area contributed by atoms with Crippen molar-refractivity contribution in [2.24, 2.45) is 5.73 Å². The van der Waals surface area contributed by atoms with Crippen LogP contribution < -0.4 is 11.2 Å². The van der Waals surface area contributed by atoms with Crippen LogP contribution in [0.5, 0.6) is 0 Å². The first-order valence-electron chi connectivity index (χ1n) is 3.70. The van der Waals surface area contributed by atoms with Crippen LogP contribution in [0, 0.1) is 0 Å². The quantitative estimate of drug-likeness (QED) is 0.593. The zero-order valence-electron chi connectivity index (χ0n) is 7.12. The van der Waals surface area contributed by atoms with Crippen LogP contribution >= 0.6 is 0 Å². The van der Waals surface area contributed by atoms with Gasteiger partial charge in [-0.05, 0) is 12.2 Å². The summed E-state index contributed by atoms with van der Waals surface area (Å²) >= 11 is 0. The van der Waals surface area contributed by atoms with Gasteiger partial charge in [0.05, 0.1) is 11.4 Å². The fourth-order valence-electron chi connectivity index (χ4n) is 0.871. The lowest BCUT2D eigenvalue weighted by molar-refractivity contribution is 0.367. The number of hydrogen-bond donors (Lipinski definition) is 2. The Bertz CT molecular complexity index is 261. The van der Waals surface area contributed by atoms with Crippen LogP contribution in [0.3, 0.4) is 0 Å². The lowest BCUT2D eigenvalue weighted by atomic mass is 10.3. The topological polar surface area (TPSA) is 41.3 Å². The van der Waals surface area contributed by atoms with E-state index >= 15 is 0 Å². The molecule has 0 saturated heterocycles. The fourth-order valence-corrected chi connectivity index (χ4v) is 0.871. The Morgan fingerprint density at radius 3 is 3.08 bits per heavy atom. The number of hydrogen-bond acceptors (Lipinski definition) is 3. The molecule has 3 nitrogen and oxygen atoms in total. The molecule has 0 aromatic carbocycles. The summed E-state index contributed by atoms with van der Waals surface area (Å²) in [5.41, 5.74) is 10.4. The molecular formula is C9H13N3. The molecule has 0 radical (unpaired) electrons. The third-order valence-electron chi connectivity index (χ3n) is 1.48. The molecule has 0 atom stereocenters. The second-order valence-electron chi connectivity index (χ2n) is 2.50. The molecule has 64 valence electrons. The summed E-state index contributed by atoms with van der Waals surface area (Å²) < 4.78 is 0. The maximum Gasteiger partial charge on any atom is 0.0771 e. The zero-order valence-corrected chi connectivity index (χ0v) is 7.12. The SMILES string of the molecule is C=C/C=C\C1=C(N)C=CN(C)N1. The highest BCUT2D eigenvalue weighted by molar-refractivity contribution is 5.32. The predicted molar refractivity (Wildman–Crippen MR) is 50.6 cm³/mol. The van der Waals surface area contributed by atoms with Gasteiger partial charge in [-0.1, -0.05) is 18.7 Å². The van der Waals surface area contributed by atoms with E-state index < -0.39 is 0 Å². The van der Waals surface area contributed by atoms with Crippen LogP contribution in [0.25, 0.3) is 0 Å². The van der Waals surface area contributed by atoms with Crippen molar-refractivity contribution in [3.8, 4) is 0 Å². The van der Waals surface area contributed by atoms with Gasteiger partial charge in [0.15, 0.2) is 0 Å². The van der Waals surface area contributed by atoms with E-state index in [2.05, 4.69) is 12.0 Å². The van der Waals surface area contributed by atoms with Crippen LogP contribution in [0.15, 0.2) is 48.5 Å². The molecule has 0 unspecified atom stereocenters. The lowest BCUT2D eigenvalue weighted by Crippen LogP contribution is -2.32. The minimum Gasteiger partial charge on any atom is -0.397 e. The minimum absolute atomic E-state index is 0.728. The summed E-state index contributed by atoms with van der Waals surface area (Å²) in [6.45, 7) is 3.58. The van der Waals surface area contributed by atoms with Gasteiger partial charge in [0.25, 0.3) is 0 Å². The molecule has 0 aromatic rings. The van der Waals surface area contributed by atoms with Gasteiger partial charge >= 0.3 is 0 Å². The Kier molecular flexibility index (Phi) is 2.58. The van der Waals surface area contributed by atoms with Crippen molar-refractivity contribution in [3.63, 3.8) is 0 Å². The number of nitrogens with zero attached hydrogens (tertiary/aromatic N) is 1. The number of allylic oxidation sites excluding steroid dienone is 4.